The van der Waals surface area contributed by atoms with Gasteiger partial charge in [0.25, 0.3) is 0 Å². The van der Waals surface area contributed by atoms with Crippen molar-refractivity contribution in [1.82, 2.24) is 5.23 Å². The quantitative estimate of drug-likeness (QED) is 0.257. The summed E-state index contributed by atoms with van der Waals surface area (Å²) in [7, 11) is 1.48. The van der Waals surface area contributed by atoms with E-state index in [-0.39, 0.29) is 0 Å². The van der Waals surface area contributed by atoms with Crippen LogP contribution in [-0.2, 0) is 8.00 Å². The van der Waals surface area contributed by atoms with Crippen LogP contribution < -0.4 is 21.6 Å². The fourth-order valence-electron chi connectivity index (χ4n) is 0.139. The average Bonchev–Trinajstić information content (AvgIpc) is 1.83. The number of rotatable bonds is 4. The summed E-state index contributed by atoms with van der Waals surface area (Å²) >= 11 is 0.906. The van der Waals surface area contributed by atoms with Crippen LogP contribution in [-0.4, -0.2) is 20.3 Å². The monoisotopic (exact) mass is 346 g/mol. The molecule has 0 aromatic rings. The molecule has 0 aliphatic rings. The molecule has 0 atom stereocenters. The molecule has 0 saturated carbocycles. The molecule has 52 valence electrons. The molecule has 6 heteroatoms. The maximum absolute atomic E-state index is 8.40. The van der Waals surface area contributed by atoms with Gasteiger partial charge in [0, 0.05) is 0 Å². The van der Waals surface area contributed by atoms with Crippen molar-refractivity contribution in [3.8, 4) is 0 Å². The van der Waals surface area contributed by atoms with Gasteiger partial charge in [-0.2, -0.15) is 0 Å². The van der Waals surface area contributed by atoms with Crippen molar-refractivity contribution < 1.29 is 33.1 Å². The second-order valence-corrected chi connectivity index (χ2v) is 2.58. The molecule has 0 saturated heterocycles. The topological polar surface area (TPSA) is 41.9 Å². The second kappa shape index (κ2) is 6.42. The van der Waals surface area contributed by atoms with E-state index in [1.807, 2.05) is 0 Å². The van der Waals surface area contributed by atoms with Gasteiger partial charge in [-0.15, -0.1) is 0 Å². The van der Waals surface area contributed by atoms with Crippen LogP contribution in [0.2, 0.25) is 0 Å². The van der Waals surface area contributed by atoms with Crippen LogP contribution in [0.4, 0.5) is 0 Å². The van der Waals surface area contributed by atoms with Gasteiger partial charge < -0.3 is 0 Å². The van der Waals surface area contributed by atoms with Crippen LogP contribution in [0.15, 0.2) is 0 Å². The molecule has 0 bridgehead atoms. The zero-order valence-corrected chi connectivity index (χ0v) is 8.49. The van der Waals surface area contributed by atoms with Crippen molar-refractivity contribution in [2.45, 2.75) is 0 Å². The summed E-state index contributed by atoms with van der Waals surface area (Å²) in [5.74, 6) is 0. The van der Waals surface area contributed by atoms with E-state index in [0.717, 1.165) is 0 Å². The summed E-state index contributed by atoms with van der Waals surface area (Å²) in [6.45, 7) is 0. The minimum atomic E-state index is -0.774. The predicted molar refractivity (Wildman–Crippen MR) is 31.0 cm³/mol. The molecule has 0 aromatic carbocycles. The van der Waals surface area contributed by atoms with Gasteiger partial charge in [-0.3, -0.25) is 0 Å². The Morgan fingerprint density at radius 1 is 1.88 bits per heavy atom. The van der Waals surface area contributed by atoms with Gasteiger partial charge >= 0.3 is 73.0 Å². The van der Waals surface area contributed by atoms with E-state index >= 15 is 0 Å². The number of halogens is 2. The second-order valence-electron chi connectivity index (χ2n) is 0.823. The molecule has 0 aliphatic carbocycles. The first-order chi connectivity index (χ1) is 3.85. The summed E-state index contributed by atoms with van der Waals surface area (Å²) in [5, 5.41) is 1.22. The van der Waals surface area contributed by atoms with Crippen LogP contribution in [0.3, 0.4) is 0 Å². The van der Waals surface area contributed by atoms with Gasteiger partial charge in [0.05, 0.1) is 0 Å². The summed E-state index contributed by atoms with van der Waals surface area (Å²) in [5.41, 5.74) is 0. The van der Waals surface area contributed by atoms with E-state index < -0.39 is 21.6 Å². The predicted octanol–water partition coefficient (Wildman–Crippen LogP) is -2.91. The van der Waals surface area contributed by atoms with Crippen molar-refractivity contribution in [1.29, 1.82) is 0 Å². The summed E-state index contributed by atoms with van der Waals surface area (Å²) < 4.78 is 13.5. The van der Waals surface area contributed by atoms with Gasteiger partial charge in [-0.1, -0.05) is 0 Å². The molecule has 0 aliphatic heterocycles. The van der Waals surface area contributed by atoms with E-state index in [2.05, 4.69) is 8.00 Å². The van der Waals surface area contributed by atoms with Crippen molar-refractivity contribution in [3.05, 3.63) is 0 Å². The Bertz CT molecular complexity index is 50.5. The molecular weight excluding hydrogens is 340 g/mol. The zero-order chi connectivity index (χ0) is 6.41. The summed E-state index contributed by atoms with van der Waals surface area (Å²) in [6.07, 6.45) is 0. The minimum absolute atomic E-state index is 0.471. The molecule has 0 spiro atoms. The molecule has 0 radical (unpaired) electrons. The zero-order valence-electron chi connectivity index (χ0n) is 4.17. The summed E-state index contributed by atoms with van der Waals surface area (Å²) in [6, 6.07) is 0. The van der Waals surface area contributed by atoms with E-state index in [9.17, 15) is 0 Å². The van der Waals surface area contributed by atoms with Crippen molar-refractivity contribution in [2.24, 2.45) is 0 Å². The van der Waals surface area contributed by atoms with Crippen LogP contribution in [0.1, 0.15) is 0 Å². The Labute approximate surface area is 72.5 Å². The van der Waals surface area contributed by atoms with Gasteiger partial charge in [0.15, 0.2) is 0 Å². The van der Waals surface area contributed by atoms with E-state index in [0.29, 0.717) is 4.55 Å². The molecule has 4 nitrogen and oxygen atoms in total. The third-order valence-electron chi connectivity index (χ3n) is 0.432. The third kappa shape index (κ3) is 4.21. The Morgan fingerprint density at radius 2 is 2.50 bits per heavy atom. The Hall–Kier alpha value is 1.30. The molecule has 0 amide bonds. The average molecular weight is 346 g/mol. The standard InChI is InChI=1S/C2H6I2NO3/c1-7-5(8-3)2-4-6/h6H,2H2,1H3/q-1. The molecule has 0 aromatic heterocycles. The number of alkyl halides is 1. The van der Waals surface area contributed by atoms with Gasteiger partial charge in [-0.25, -0.2) is 0 Å². The van der Waals surface area contributed by atoms with Crippen molar-refractivity contribution in [2.75, 3.05) is 11.7 Å². The normalized spacial score (nSPS) is 11.0. The van der Waals surface area contributed by atoms with Crippen LogP contribution >= 0.6 is 23.0 Å². The van der Waals surface area contributed by atoms with Crippen LogP contribution in [0.25, 0.3) is 0 Å². The molecule has 0 fully saturated rings. The first kappa shape index (κ1) is 9.30. The van der Waals surface area contributed by atoms with Crippen LogP contribution in [0.5, 0.6) is 0 Å². The Morgan fingerprint density at radius 3 is 2.62 bits per heavy atom. The molecule has 0 heterocycles. The third-order valence-corrected chi connectivity index (χ3v) is 1.73. The SMILES string of the molecule is CON(C[I-]O)OI. The van der Waals surface area contributed by atoms with Gasteiger partial charge in [-0.05, 0) is 0 Å². The van der Waals surface area contributed by atoms with E-state index in [1.165, 1.54) is 12.3 Å². The molecule has 0 rings (SSSR count). The van der Waals surface area contributed by atoms with E-state index in [4.69, 9.17) is 3.44 Å². The van der Waals surface area contributed by atoms with Crippen LogP contribution in [0, 0.1) is 0 Å². The molecular formula is C2H6I2NO3-. The number of hydroxylamine groups is 2. The maximum atomic E-state index is 8.40. The fraction of sp³-hybridized carbons (Fsp3) is 1.00. The first-order valence-electron chi connectivity index (χ1n) is 1.68. The Balaban J connectivity index is 3.07. The fourth-order valence-corrected chi connectivity index (χ4v) is 1.64. The molecule has 0 unspecified atom stereocenters. The summed E-state index contributed by atoms with van der Waals surface area (Å²) in [4.78, 5) is 4.61. The first-order valence-corrected chi connectivity index (χ1v) is 5.05. The molecule has 1 N–H and O–H groups in total. The van der Waals surface area contributed by atoms with Crippen molar-refractivity contribution in [3.63, 3.8) is 0 Å². The van der Waals surface area contributed by atoms with Gasteiger partial charge in [0.1, 0.15) is 0 Å². The number of hydrogen-bond acceptors (Lipinski definition) is 4. The molecule has 8 heavy (non-hydrogen) atoms. The van der Waals surface area contributed by atoms with Gasteiger partial charge in [0.2, 0.25) is 0 Å². The number of hydrogen-bond donors (Lipinski definition) is 1. The van der Waals surface area contributed by atoms with Crippen molar-refractivity contribution >= 4 is 23.0 Å². The van der Waals surface area contributed by atoms with E-state index in [1.54, 1.807) is 23.0 Å². The number of nitrogens with zero attached hydrogens (tertiary/aromatic N) is 1. The Kier molecular flexibility index (Phi) is 7.46.